The lowest BCUT2D eigenvalue weighted by molar-refractivity contribution is 0.213. The van der Waals surface area contributed by atoms with Crippen LogP contribution in [0.15, 0.2) is 4.99 Å². The van der Waals surface area contributed by atoms with Gasteiger partial charge in [0.05, 0.1) is 12.6 Å². The minimum atomic E-state index is 0.568. The molecule has 2 N–H and O–H groups in total. The molecular weight excluding hydrogens is 210 g/mol. The van der Waals surface area contributed by atoms with E-state index in [0.717, 1.165) is 18.4 Å². The van der Waals surface area contributed by atoms with Crippen molar-refractivity contribution in [3.8, 4) is 0 Å². The van der Waals surface area contributed by atoms with Gasteiger partial charge >= 0.3 is 0 Å². The zero-order valence-electron chi connectivity index (χ0n) is 11.4. The molecule has 0 spiro atoms. The molecule has 2 rings (SSSR count). The van der Waals surface area contributed by atoms with Crippen molar-refractivity contribution in [2.24, 2.45) is 16.6 Å². The summed E-state index contributed by atoms with van der Waals surface area (Å²) in [6.07, 6.45) is 9.37. The van der Waals surface area contributed by atoms with Gasteiger partial charge in [-0.25, -0.2) is 0 Å². The third kappa shape index (κ3) is 3.14. The third-order valence-corrected chi connectivity index (χ3v) is 4.08. The summed E-state index contributed by atoms with van der Waals surface area (Å²) in [6, 6.07) is 1.23. The second-order valence-corrected chi connectivity index (χ2v) is 6.03. The number of nitrogens with two attached hydrogens (primary N) is 1. The lowest BCUT2D eigenvalue weighted by Gasteiger charge is -2.35. The predicted octanol–water partition coefficient (Wildman–Crippen LogP) is 2.75. The minimum absolute atomic E-state index is 0.568. The van der Waals surface area contributed by atoms with Crippen molar-refractivity contribution in [3.05, 3.63) is 0 Å². The van der Waals surface area contributed by atoms with Crippen LogP contribution in [0, 0.1) is 5.92 Å². The third-order valence-electron chi connectivity index (χ3n) is 4.08. The van der Waals surface area contributed by atoms with Crippen LogP contribution in [0.2, 0.25) is 0 Å². The number of guanidine groups is 1. The molecule has 2 aliphatic rings. The molecule has 1 heterocycles. The molecule has 3 nitrogen and oxygen atoms in total. The predicted molar refractivity (Wildman–Crippen MR) is 73.1 cm³/mol. The van der Waals surface area contributed by atoms with E-state index >= 15 is 0 Å². The summed E-state index contributed by atoms with van der Waals surface area (Å²) in [6.45, 7) is 5.50. The zero-order chi connectivity index (χ0) is 12.3. The van der Waals surface area contributed by atoms with Crippen molar-refractivity contribution in [2.45, 2.75) is 70.9 Å². The highest BCUT2D eigenvalue weighted by molar-refractivity contribution is 5.80. The van der Waals surface area contributed by atoms with Gasteiger partial charge in [0.1, 0.15) is 0 Å². The van der Waals surface area contributed by atoms with Crippen molar-refractivity contribution in [3.63, 3.8) is 0 Å². The summed E-state index contributed by atoms with van der Waals surface area (Å²) >= 11 is 0. The van der Waals surface area contributed by atoms with E-state index in [-0.39, 0.29) is 0 Å². The van der Waals surface area contributed by atoms with Crippen molar-refractivity contribution in [2.75, 3.05) is 6.54 Å². The average molecular weight is 237 g/mol. The Bertz CT molecular complexity index is 265. The first-order valence-electron chi connectivity index (χ1n) is 7.26. The topological polar surface area (TPSA) is 41.6 Å². The molecule has 1 saturated carbocycles. The Kier molecular flexibility index (Phi) is 4.30. The molecule has 0 saturated heterocycles. The average Bonchev–Trinajstić information content (AvgIpc) is 2.53. The molecule has 3 heteroatoms. The molecular formula is C14H27N3. The molecule has 1 aliphatic heterocycles. The number of aliphatic imine (C=N–C) groups is 1. The monoisotopic (exact) mass is 237 g/mol. The molecule has 0 aromatic carbocycles. The maximum Gasteiger partial charge on any atom is 0.191 e. The van der Waals surface area contributed by atoms with E-state index in [1.54, 1.807) is 0 Å². The van der Waals surface area contributed by atoms with E-state index in [2.05, 4.69) is 23.7 Å². The summed E-state index contributed by atoms with van der Waals surface area (Å²) in [4.78, 5) is 6.93. The first-order valence-corrected chi connectivity index (χ1v) is 7.26. The SMILES string of the molecule is CC(C)CC1CN=C(N)N1C1CCCCCC1. The highest BCUT2D eigenvalue weighted by Crippen LogP contribution is 2.27. The molecule has 1 atom stereocenters. The van der Waals surface area contributed by atoms with Crippen LogP contribution in [0.25, 0.3) is 0 Å². The van der Waals surface area contributed by atoms with Gasteiger partial charge in [-0.3, -0.25) is 4.99 Å². The molecule has 0 amide bonds. The Morgan fingerprint density at radius 3 is 2.47 bits per heavy atom. The van der Waals surface area contributed by atoms with Gasteiger partial charge in [-0.2, -0.15) is 0 Å². The first kappa shape index (κ1) is 12.7. The smallest absolute Gasteiger partial charge is 0.191 e. The maximum absolute atomic E-state index is 6.10. The van der Waals surface area contributed by atoms with E-state index in [1.165, 1.54) is 44.9 Å². The maximum atomic E-state index is 6.10. The van der Waals surface area contributed by atoms with Crippen LogP contribution in [0.1, 0.15) is 58.8 Å². The van der Waals surface area contributed by atoms with Crippen molar-refractivity contribution < 1.29 is 0 Å². The van der Waals surface area contributed by atoms with Gasteiger partial charge in [-0.15, -0.1) is 0 Å². The minimum Gasteiger partial charge on any atom is -0.370 e. The summed E-state index contributed by atoms with van der Waals surface area (Å²) in [5.74, 6) is 1.54. The number of hydrogen-bond donors (Lipinski definition) is 1. The normalized spacial score (nSPS) is 27.4. The molecule has 0 aromatic rings. The van der Waals surface area contributed by atoms with Gasteiger partial charge in [-0.1, -0.05) is 39.5 Å². The quantitative estimate of drug-likeness (QED) is 0.767. The summed E-state index contributed by atoms with van der Waals surface area (Å²) < 4.78 is 0. The lowest BCUT2D eigenvalue weighted by Crippen LogP contribution is -2.47. The van der Waals surface area contributed by atoms with Crippen molar-refractivity contribution in [1.29, 1.82) is 0 Å². The van der Waals surface area contributed by atoms with Gasteiger partial charge < -0.3 is 10.6 Å². The van der Waals surface area contributed by atoms with Gasteiger partial charge in [0.25, 0.3) is 0 Å². The molecule has 17 heavy (non-hydrogen) atoms. The fourth-order valence-corrected chi connectivity index (χ4v) is 3.31. The Morgan fingerprint density at radius 1 is 1.24 bits per heavy atom. The molecule has 1 fully saturated rings. The second kappa shape index (κ2) is 5.74. The Labute approximate surface area is 105 Å². The van der Waals surface area contributed by atoms with Gasteiger partial charge in [0.2, 0.25) is 0 Å². The van der Waals surface area contributed by atoms with E-state index in [1.807, 2.05) is 0 Å². The van der Waals surface area contributed by atoms with E-state index in [0.29, 0.717) is 12.1 Å². The van der Waals surface area contributed by atoms with Gasteiger partial charge in [0.15, 0.2) is 5.96 Å². The number of rotatable bonds is 3. The largest absolute Gasteiger partial charge is 0.370 e. The van der Waals surface area contributed by atoms with Crippen LogP contribution in [-0.4, -0.2) is 29.5 Å². The van der Waals surface area contributed by atoms with Crippen molar-refractivity contribution in [1.82, 2.24) is 4.90 Å². The van der Waals surface area contributed by atoms with Crippen LogP contribution in [0.3, 0.4) is 0 Å². The highest BCUT2D eigenvalue weighted by Gasteiger charge is 2.32. The fourth-order valence-electron chi connectivity index (χ4n) is 3.31. The molecule has 0 bridgehead atoms. The molecule has 0 radical (unpaired) electrons. The van der Waals surface area contributed by atoms with Crippen LogP contribution in [-0.2, 0) is 0 Å². The fraction of sp³-hybridized carbons (Fsp3) is 0.929. The molecule has 1 unspecified atom stereocenters. The standard InChI is InChI=1S/C14H27N3/c1-11(2)9-13-10-16-14(15)17(13)12-7-5-3-4-6-8-12/h11-13H,3-10H2,1-2H3,(H2,15,16). The molecule has 1 aliphatic carbocycles. The lowest BCUT2D eigenvalue weighted by atomic mass is 9.99. The Morgan fingerprint density at radius 2 is 1.88 bits per heavy atom. The van der Waals surface area contributed by atoms with Gasteiger partial charge in [-0.05, 0) is 25.2 Å². The highest BCUT2D eigenvalue weighted by atomic mass is 15.3. The van der Waals surface area contributed by atoms with Crippen LogP contribution < -0.4 is 5.73 Å². The zero-order valence-corrected chi connectivity index (χ0v) is 11.4. The first-order chi connectivity index (χ1) is 8.18. The number of nitrogens with zero attached hydrogens (tertiary/aromatic N) is 2. The Balaban J connectivity index is 2.01. The summed E-state index contributed by atoms with van der Waals surface area (Å²) in [7, 11) is 0. The van der Waals surface area contributed by atoms with Crippen LogP contribution >= 0.6 is 0 Å². The van der Waals surface area contributed by atoms with E-state index in [9.17, 15) is 0 Å². The van der Waals surface area contributed by atoms with Gasteiger partial charge in [0, 0.05) is 6.04 Å². The summed E-state index contributed by atoms with van der Waals surface area (Å²) in [5.41, 5.74) is 6.10. The number of hydrogen-bond acceptors (Lipinski definition) is 3. The molecule has 0 aromatic heterocycles. The second-order valence-electron chi connectivity index (χ2n) is 6.03. The van der Waals surface area contributed by atoms with E-state index in [4.69, 9.17) is 5.73 Å². The Hall–Kier alpha value is -0.730. The van der Waals surface area contributed by atoms with Crippen molar-refractivity contribution >= 4 is 5.96 Å². The summed E-state index contributed by atoms with van der Waals surface area (Å²) in [5, 5.41) is 0. The van der Waals surface area contributed by atoms with Crippen LogP contribution in [0.4, 0.5) is 0 Å². The van der Waals surface area contributed by atoms with E-state index < -0.39 is 0 Å². The van der Waals surface area contributed by atoms with Crippen LogP contribution in [0.5, 0.6) is 0 Å². The molecule has 98 valence electrons.